The topological polar surface area (TPSA) is 44.3 Å². The molecule has 1 N–H and O–H groups in total. The molecule has 2 aromatic carbocycles. The van der Waals surface area contributed by atoms with Crippen molar-refractivity contribution >= 4 is 16.6 Å². The number of aryl methyl sites for hydroxylation is 2. The third-order valence-electron chi connectivity index (χ3n) is 7.15. The maximum absolute atomic E-state index is 13.6. The van der Waals surface area contributed by atoms with Crippen molar-refractivity contribution in [2.24, 2.45) is 0 Å². The first-order valence-electron chi connectivity index (χ1n) is 12.7. The van der Waals surface area contributed by atoms with Crippen LogP contribution in [-0.4, -0.2) is 47.2 Å². The number of benzene rings is 2. The summed E-state index contributed by atoms with van der Waals surface area (Å²) in [6, 6.07) is 14.5. The van der Waals surface area contributed by atoms with Crippen LogP contribution in [0, 0.1) is 18.6 Å². The Hall–Kier alpha value is -3.45. The van der Waals surface area contributed by atoms with Crippen LogP contribution in [0.15, 0.2) is 65.7 Å². The van der Waals surface area contributed by atoms with Crippen LogP contribution in [-0.2, 0) is 6.42 Å². The van der Waals surface area contributed by atoms with E-state index in [1.165, 1.54) is 41.3 Å². The zero-order chi connectivity index (χ0) is 25.1. The van der Waals surface area contributed by atoms with Crippen LogP contribution in [0.5, 0.6) is 0 Å². The maximum Gasteiger partial charge on any atom is 0.291 e. The molecule has 0 aliphatic carbocycles. The van der Waals surface area contributed by atoms with E-state index in [0.717, 1.165) is 55.6 Å². The van der Waals surface area contributed by atoms with Crippen LogP contribution in [0.4, 0.5) is 14.5 Å². The molecule has 36 heavy (non-hydrogen) atoms. The second-order valence-electron chi connectivity index (χ2n) is 9.70. The minimum Gasteiger partial charge on any atom is -0.369 e. The lowest BCUT2D eigenvalue weighted by Gasteiger charge is -2.36. The molecule has 5 rings (SSSR count). The standard InChI is InChI=1S/C29H32F2N4O/c1-21-6-11-28-26(17-21)22(19-32-28)5-3-2-4-12-33-13-15-34(16-14-33)24-7-9-25(10-8-24)35-20-23(30)18-27(31)29(35)36/h6-11,17-20,32H,2-5,12-16H2,1H3. The van der Waals surface area contributed by atoms with E-state index in [2.05, 4.69) is 46.1 Å². The van der Waals surface area contributed by atoms with Gasteiger partial charge in [-0.25, -0.2) is 8.78 Å². The summed E-state index contributed by atoms with van der Waals surface area (Å²) in [6.45, 7) is 7.15. The second kappa shape index (κ2) is 10.7. The van der Waals surface area contributed by atoms with E-state index >= 15 is 0 Å². The van der Waals surface area contributed by atoms with E-state index < -0.39 is 17.2 Å². The van der Waals surface area contributed by atoms with Gasteiger partial charge in [-0.1, -0.05) is 18.1 Å². The molecule has 1 aliphatic heterocycles. The molecular formula is C29H32F2N4O. The number of rotatable bonds is 8. The number of hydrogen-bond acceptors (Lipinski definition) is 3. The molecule has 7 heteroatoms. The van der Waals surface area contributed by atoms with E-state index in [1.54, 1.807) is 12.1 Å². The van der Waals surface area contributed by atoms with Crippen molar-refractivity contribution in [3.63, 3.8) is 0 Å². The van der Waals surface area contributed by atoms with Gasteiger partial charge < -0.3 is 9.88 Å². The van der Waals surface area contributed by atoms with Gasteiger partial charge in [-0.15, -0.1) is 0 Å². The molecule has 2 aromatic heterocycles. The van der Waals surface area contributed by atoms with Gasteiger partial charge in [0, 0.05) is 66.9 Å². The number of hydrogen-bond donors (Lipinski definition) is 1. The zero-order valence-corrected chi connectivity index (χ0v) is 20.6. The molecule has 1 saturated heterocycles. The highest BCUT2D eigenvalue weighted by Crippen LogP contribution is 2.22. The molecule has 0 atom stereocenters. The first-order valence-corrected chi connectivity index (χ1v) is 12.7. The smallest absolute Gasteiger partial charge is 0.291 e. The molecule has 3 heterocycles. The fraction of sp³-hybridized carbons (Fsp3) is 0.345. The van der Waals surface area contributed by atoms with Crippen LogP contribution in [0.2, 0.25) is 0 Å². The first kappa shape index (κ1) is 24.3. The number of fused-ring (bicyclic) bond motifs is 1. The Bertz CT molecular complexity index is 1380. The Labute approximate surface area is 210 Å². The highest BCUT2D eigenvalue weighted by atomic mass is 19.1. The molecular weight excluding hydrogens is 458 g/mol. The number of aromatic nitrogens is 2. The van der Waals surface area contributed by atoms with Crippen LogP contribution >= 0.6 is 0 Å². The van der Waals surface area contributed by atoms with Crippen LogP contribution < -0.4 is 10.5 Å². The van der Waals surface area contributed by atoms with Crippen molar-refractivity contribution in [1.29, 1.82) is 0 Å². The van der Waals surface area contributed by atoms with Crippen molar-refractivity contribution in [1.82, 2.24) is 14.5 Å². The van der Waals surface area contributed by atoms with E-state index in [0.29, 0.717) is 11.8 Å². The molecule has 0 spiro atoms. The van der Waals surface area contributed by atoms with Gasteiger partial charge in [0.25, 0.3) is 5.56 Å². The quantitative estimate of drug-likeness (QED) is 0.335. The highest BCUT2D eigenvalue weighted by Gasteiger charge is 2.17. The summed E-state index contributed by atoms with van der Waals surface area (Å²) >= 11 is 0. The lowest BCUT2D eigenvalue weighted by molar-refractivity contribution is 0.252. The average Bonchev–Trinajstić information content (AvgIpc) is 3.28. The van der Waals surface area contributed by atoms with Gasteiger partial charge in [-0.05, 0) is 74.7 Å². The van der Waals surface area contributed by atoms with Gasteiger partial charge in [-0.3, -0.25) is 14.3 Å². The number of nitrogens with zero attached hydrogens (tertiary/aromatic N) is 3. The van der Waals surface area contributed by atoms with Crippen LogP contribution in [0.1, 0.15) is 30.4 Å². The minimum atomic E-state index is -1.09. The third kappa shape index (κ3) is 5.36. The number of nitrogens with one attached hydrogen (secondary N) is 1. The maximum atomic E-state index is 13.6. The Balaban J connectivity index is 1.06. The van der Waals surface area contributed by atoms with Gasteiger partial charge in [0.1, 0.15) is 5.82 Å². The molecule has 0 bridgehead atoms. The van der Waals surface area contributed by atoms with Gasteiger partial charge >= 0.3 is 0 Å². The molecule has 0 amide bonds. The largest absolute Gasteiger partial charge is 0.369 e. The Kier molecular flexibility index (Phi) is 7.18. The van der Waals surface area contributed by atoms with Crippen molar-refractivity contribution < 1.29 is 8.78 Å². The second-order valence-corrected chi connectivity index (χ2v) is 9.70. The van der Waals surface area contributed by atoms with E-state index in [9.17, 15) is 13.6 Å². The van der Waals surface area contributed by atoms with Gasteiger partial charge in [0.15, 0.2) is 5.82 Å². The lowest BCUT2D eigenvalue weighted by Crippen LogP contribution is -2.46. The molecule has 5 nitrogen and oxygen atoms in total. The minimum absolute atomic E-state index is 0.448. The molecule has 188 valence electrons. The Morgan fingerprint density at radius 3 is 2.42 bits per heavy atom. The monoisotopic (exact) mass is 490 g/mol. The SMILES string of the molecule is Cc1ccc2[nH]cc(CCCCCN3CCN(c4ccc(-n5cc(F)cc(F)c5=O)cc4)CC3)c2c1. The number of anilines is 1. The summed E-state index contributed by atoms with van der Waals surface area (Å²) in [6.07, 6.45) is 7.91. The van der Waals surface area contributed by atoms with Gasteiger partial charge in [-0.2, -0.15) is 0 Å². The summed E-state index contributed by atoms with van der Waals surface area (Å²) in [4.78, 5) is 20.2. The van der Waals surface area contributed by atoms with Crippen molar-refractivity contribution in [3.8, 4) is 5.69 Å². The molecule has 0 unspecified atom stereocenters. The highest BCUT2D eigenvalue weighted by molar-refractivity contribution is 5.83. The molecule has 0 radical (unpaired) electrons. The lowest BCUT2D eigenvalue weighted by atomic mass is 10.0. The van der Waals surface area contributed by atoms with Crippen LogP contribution in [0.25, 0.3) is 16.6 Å². The van der Waals surface area contributed by atoms with Gasteiger partial charge in [0.2, 0.25) is 0 Å². The van der Waals surface area contributed by atoms with Gasteiger partial charge in [0.05, 0.1) is 0 Å². The van der Waals surface area contributed by atoms with E-state index in [4.69, 9.17) is 0 Å². The number of aromatic amines is 1. The fourth-order valence-electron chi connectivity index (χ4n) is 5.09. The number of piperazine rings is 1. The summed E-state index contributed by atoms with van der Waals surface area (Å²) in [5, 5.41) is 1.36. The Morgan fingerprint density at radius 1 is 0.889 bits per heavy atom. The number of unbranched alkanes of at least 4 members (excludes halogenated alkanes) is 2. The van der Waals surface area contributed by atoms with E-state index in [1.807, 2.05) is 12.1 Å². The average molecular weight is 491 g/mol. The summed E-state index contributed by atoms with van der Waals surface area (Å²) in [7, 11) is 0. The third-order valence-corrected chi connectivity index (χ3v) is 7.15. The number of H-pyrrole nitrogens is 1. The molecule has 0 saturated carbocycles. The summed E-state index contributed by atoms with van der Waals surface area (Å²) < 4.78 is 28.2. The molecule has 1 aliphatic rings. The van der Waals surface area contributed by atoms with Crippen molar-refractivity contribution in [2.45, 2.75) is 32.6 Å². The Morgan fingerprint density at radius 2 is 1.64 bits per heavy atom. The van der Waals surface area contributed by atoms with Crippen molar-refractivity contribution in [2.75, 3.05) is 37.6 Å². The first-order chi connectivity index (χ1) is 17.5. The molecule has 1 fully saturated rings. The predicted octanol–water partition coefficient (Wildman–Crippen LogP) is 5.44. The fourth-order valence-corrected chi connectivity index (χ4v) is 5.09. The van der Waals surface area contributed by atoms with Crippen molar-refractivity contribution in [3.05, 3.63) is 94.0 Å². The normalized spacial score (nSPS) is 14.6. The summed E-state index contributed by atoms with van der Waals surface area (Å²) in [5.41, 5.74) is 4.59. The van der Waals surface area contributed by atoms with E-state index in [-0.39, 0.29) is 0 Å². The summed E-state index contributed by atoms with van der Waals surface area (Å²) in [5.74, 6) is -1.87. The van der Waals surface area contributed by atoms with Crippen LogP contribution in [0.3, 0.4) is 0 Å². The number of pyridine rings is 1. The predicted molar refractivity (Wildman–Crippen MR) is 141 cm³/mol. The molecule has 4 aromatic rings. The number of halogens is 2. The zero-order valence-electron chi connectivity index (χ0n) is 20.6.